The van der Waals surface area contributed by atoms with Gasteiger partial charge in [0.1, 0.15) is 5.78 Å². The van der Waals surface area contributed by atoms with Gasteiger partial charge in [-0.3, -0.25) is 4.79 Å². The Morgan fingerprint density at radius 2 is 1.69 bits per heavy atom. The lowest BCUT2D eigenvalue weighted by Crippen LogP contribution is -2.21. The van der Waals surface area contributed by atoms with Gasteiger partial charge in [-0.15, -0.1) is 0 Å². The van der Waals surface area contributed by atoms with Crippen LogP contribution in [0.3, 0.4) is 0 Å². The first-order valence-corrected chi connectivity index (χ1v) is 6.86. The third-order valence-electron chi connectivity index (χ3n) is 4.16. The molecule has 16 heavy (non-hydrogen) atoms. The highest BCUT2D eigenvalue weighted by Crippen LogP contribution is 2.38. The van der Waals surface area contributed by atoms with Gasteiger partial charge < -0.3 is 0 Å². The van der Waals surface area contributed by atoms with Gasteiger partial charge in [0.15, 0.2) is 0 Å². The van der Waals surface area contributed by atoms with Crippen LogP contribution in [0.1, 0.15) is 66.7 Å². The van der Waals surface area contributed by atoms with Crippen LogP contribution in [0.2, 0.25) is 0 Å². The molecule has 2 unspecified atom stereocenters. The van der Waals surface area contributed by atoms with Gasteiger partial charge in [0.25, 0.3) is 0 Å². The summed E-state index contributed by atoms with van der Waals surface area (Å²) in [7, 11) is 0. The van der Waals surface area contributed by atoms with Gasteiger partial charge >= 0.3 is 0 Å². The maximum atomic E-state index is 12.0. The topological polar surface area (TPSA) is 17.1 Å². The van der Waals surface area contributed by atoms with E-state index >= 15 is 0 Å². The van der Waals surface area contributed by atoms with Gasteiger partial charge in [0.05, 0.1) is 0 Å². The van der Waals surface area contributed by atoms with E-state index in [-0.39, 0.29) is 5.92 Å². The fourth-order valence-corrected chi connectivity index (χ4v) is 2.92. The number of hydrogen-bond donors (Lipinski definition) is 0. The van der Waals surface area contributed by atoms with Crippen molar-refractivity contribution in [2.75, 3.05) is 0 Å². The van der Waals surface area contributed by atoms with E-state index in [0.717, 1.165) is 18.8 Å². The molecule has 1 heteroatoms. The Labute approximate surface area is 101 Å². The molecule has 0 bridgehead atoms. The molecule has 0 spiro atoms. The van der Waals surface area contributed by atoms with E-state index in [1.165, 1.54) is 19.3 Å². The molecule has 0 saturated heterocycles. The van der Waals surface area contributed by atoms with Crippen LogP contribution >= 0.6 is 0 Å². The smallest absolute Gasteiger partial charge is 0.138 e. The van der Waals surface area contributed by atoms with E-state index in [0.29, 0.717) is 17.1 Å². The average molecular weight is 224 g/mol. The maximum absolute atomic E-state index is 12.0. The Bertz CT molecular complexity index is 234. The first-order chi connectivity index (χ1) is 7.32. The molecule has 0 heterocycles. The summed E-state index contributed by atoms with van der Waals surface area (Å²) in [6.45, 7) is 11.1. The number of carbonyl (C=O) groups is 1. The second-order valence-electron chi connectivity index (χ2n) is 6.83. The van der Waals surface area contributed by atoms with E-state index in [1.54, 1.807) is 0 Å². The van der Waals surface area contributed by atoms with Gasteiger partial charge in [-0.1, -0.05) is 41.0 Å². The monoisotopic (exact) mass is 224 g/mol. The Kier molecular flexibility index (Phi) is 4.58. The molecule has 1 saturated carbocycles. The van der Waals surface area contributed by atoms with Crippen molar-refractivity contribution in [3.05, 3.63) is 0 Å². The molecule has 0 aromatic carbocycles. The van der Waals surface area contributed by atoms with Gasteiger partial charge in [0.2, 0.25) is 0 Å². The molecule has 2 atom stereocenters. The SMILES string of the molecule is CC(C)C(=O)C1CCCC(C(C)(C)C)CC1. The van der Waals surface area contributed by atoms with Crippen molar-refractivity contribution in [2.24, 2.45) is 23.2 Å². The molecule has 94 valence electrons. The minimum absolute atomic E-state index is 0.219. The average Bonchev–Trinajstić information content (AvgIpc) is 2.40. The van der Waals surface area contributed by atoms with Crippen LogP contribution in [-0.4, -0.2) is 5.78 Å². The first-order valence-electron chi connectivity index (χ1n) is 6.86. The summed E-state index contributed by atoms with van der Waals surface area (Å²) in [4.78, 5) is 12.0. The van der Waals surface area contributed by atoms with Gasteiger partial charge in [-0.25, -0.2) is 0 Å². The normalized spacial score (nSPS) is 27.9. The summed E-state index contributed by atoms with van der Waals surface area (Å²) in [5.74, 6) is 1.87. The zero-order valence-electron chi connectivity index (χ0n) is 11.7. The zero-order valence-corrected chi connectivity index (χ0v) is 11.7. The second-order valence-corrected chi connectivity index (χ2v) is 6.83. The molecular formula is C15H28O. The molecule has 1 rings (SSSR count). The first kappa shape index (κ1) is 13.7. The van der Waals surface area contributed by atoms with Crippen LogP contribution in [0.4, 0.5) is 0 Å². The molecule has 1 aliphatic carbocycles. The summed E-state index contributed by atoms with van der Waals surface area (Å²) in [5, 5.41) is 0. The Morgan fingerprint density at radius 1 is 1.06 bits per heavy atom. The third kappa shape index (κ3) is 3.61. The molecule has 0 amide bonds. The Balaban J connectivity index is 2.56. The summed E-state index contributed by atoms with van der Waals surface area (Å²) in [5.41, 5.74) is 0.412. The number of Topliss-reactive ketones (excluding diaryl/α,β-unsaturated/α-hetero) is 1. The van der Waals surface area contributed by atoms with Crippen molar-refractivity contribution in [1.29, 1.82) is 0 Å². The third-order valence-corrected chi connectivity index (χ3v) is 4.16. The van der Waals surface area contributed by atoms with E-state index in [1.807, 2.05) is 13.8 Å². The van der Waals surface area contributed by atoms with Crippen LogP contribution in [-0.2, 0) is 4.79 Å². The van der Waals surface area contributed by atoms with Crippen LogP contribution in [0.25, 0.3) is 0 Å². The highest BCUT2D eigenvalue weighted by atomic mass is 16.1. The largest absolute Gasteiger partial charge is 0.299 e. The molecule has 0 aliphatic heterocycles. The van der Waals surface area contributed by atoms with Gasteiger partial charge in [-0.05, 0) is 37.0 Å². The van der Waals surface area contributed by atoms with Crippen LogP contribution in [0.15, 0.2) is 0 Å². The van der Waals surface area contributed by atoms with Crippen LogP contribution in [0, 0.1) is 23.2 Å². The van der Waals surface area contributed by atoms with Crippen molar-refractivity contribution in [2.45, 2.75) is 66.7 Å². The number of hydrogen-bond acceptors (Lipinski definition) is 1. The van der Waals surface area contributed by atoms with Gasteiger partial charge in [0, 0.05) is 11.8 Å². The zero-order chi connectivity index (χ0) is 12.3. The molecule has 1 fully saturated rings. The number of carbonyl (C=O) groups excluding carboxylic acids is 1. The van der Waals surface area contributed by atoms with Crippen molar-refractivity contribution < 1.29 is 4.79 Å². The van der Waals surface area contributed by atoms with Gasteiger partial charge in [-0.2, -0.15) is 0 Å². The highest BCUT2D eigenvalue weighted by Gasteiger charge is 2.30. The lowest BCUT2D eigenvalue weighted by Gasteiger charge is -2.29. The van der Waals surface area contributed by atoms with E-state index in [9.17, 15) is 4.79 Å². The summed E-state index contributed by atoms with van der Waals surface area (Å²) < 4.78 is 0. The predicted molar refractivity (Wildman–Crippen MR) is 69.4 cm³/mol. The lowest BCUT2D eigenvalue weighted by molar-refractivity contribution is -0.126. The van der Waals surface area contributed by atoms with E-state index in [4.69, 9.17) is 0 Å². The quantitative estimate of drug-likeness (QED) is 0.633. The van der Waals surface area contributed by atoms with Crippen molar-refractivity contribution in [1.82, 2.24) is 0 Å². The number of rotatable bonds is 2. The minimum atomic E-state index is 0.219. The standard InChI is InChI=1S/C15H28O/c1-11(2)14(16)12-7-6-8-13(10-9-12)15(3,4)5/h11-13H,6-10H2,1-5H3. The fraction of sp³-hybridized carbons (Fsp3) is 0.933. The molecule has 0 aromatic rings. The molecule has 0 aromatic heterocycles. The molecule has 0 N–H and O–H groups in total. The molecule has 1 aliphatic rings. The molecular weight excluding hydrogens is 196 g/mol. The predicted octanol–water partition coefficient (Wildman–Crippen LogP) is 4.45. The summed E-state index contributed by atoms with van der Waals surface area (Å²) in [6, 6.07) is 0. The van der Waals surface area contributed by atoms with Crippen LogP contribution < -0.4 is 0 Å². The summed E-state index contributed by atoms with van der Waals surface area (Å²) >= 11 is 0. The van der Waals surface area contributed by atoms with Crippen molar-refractivity contribution >= 4 is 5.78 Å². The van der Waals surface area contributed by atoms with Crippen LogP contribution in [0.5, 0.6) is 0 Å². The fourth-order valence-electron chi connectivity index (χ4n) is 2.92. The highest BCUT2D eigenvalue weighted by molar-refractivity contribution is 5.82. The maximum Gasteiger partial charge on any atom is 0.138 e. The van der Waals surface area contributed by atoms with E-state index < -0.39 is 0 Å². The van der Waals surface area contributed by atoms with E-state index in [2.05, 4.69) is 20.8 Å². The lowest BCUT2D eigenvalue weighted by atomic mass is 9.76. The molecule has 1 nitrogen and oxygen atoms in total. The Morgan fingerprint density at radius 3 is 2.19 bits per heavy atom. The Hall–Kier alpha value is -0.330. The number of ketones is 1. The summed E-state index contributed by atoms with van der Waals surface area (Å²) in [6.07, 6.45) is 6.05. The van der Waals surface area contributed by atoms with Crippen molar-refractivity contribution in [3.63, 3.8) is 0 Å². The minimum Gasteiger partial charge on any atom is -0.299 e. The second kappa shape index (κ2) is 5.33. The molecule has 0 radical (unpaired) electrons. The van der Waals surface area contributed by atoms with Crippen molar-refractivity contribution in [3.8, 4) is 0 Å².